The molecule has 0 spiro atoms. The number of ether oxygens (including phenoxy) is 1. The van der Waals surface area contributed by atoms with Crippen molar-refractivity contribution in [3.63, 3.8) is 0 Å². The number of aliphatic hydroxyl groups excluding tert-OH is 1. The van der Waals surface area contributed by atoms with Crippen LogP contribution in [0.1, 0.15) is 72.1 Å². The lowest BCUT2D eigenvalue weighted by Crippen LogP contribution is -2.58. The first-order chi connectivity index (χ1) is 18.1. The zero-order chi connectivity index (χ0) is 28.8. The Morgan fingerprint density at radius 2 is 1.77 bits per heavy atom. The van der Waals surface area contributed by atoms with Gasteiger partial charge in [-0.1, -0.05) is 45.0 Å². The van der Waals surface area contributed by atoms with E-state index in [0.29, 0.717) is 0 Å². The lowest BCUT2D eigenvalue weighted by molar-refractivity contribution is -0.142. The quantitative estimate of drug-likeness (QED) is 0.492. The number of hydrogen-bond donors (Lipinski definition) is 3. The van der Waals surface area contributed by atoms with Gasteiger partial charge in [-0.25, -0.2) is 9.78 Å². The second-order valence-electron chi connectivity index (χ2n) is 12.8. The van der Waals surface area contributed by atoms with Crippen molar-refractivity contribution in [2.45, 2.75) is 97.1 Å². The highest BCUT2D eigenvalue weighted by Crippen LogP contribution is 2.46. The first-order valence-corrected chi connectivity index (χ1v) is 14.3. The normalized spacial score (nSPS) is 21.3. The molecule has 9 nitrogen and oxygen atoms in total. The summed E-state index contributed by atoms with van der Waals surface area (Å²) in [5.74, 6) is -0.719. The molecule has 212 valence electrons. The maximum Gasteiger partial charge on any atom is 0.408 e. The summed E-state index contributed by atoms with van der Waals surface area (Å²) in [6.07, 6.45) is 0.201. The van der Waals surface area contributed by atoms with Crippen molar-refractivity contribution in [1.82, 2.24) is 20.5 Å². The molecule has 3 N–H and O–H groups in total. The summed E-state index contributed by atoms with van der Waals surface area (Å²) >= 11 is 1.60. The van der Waals surface area contributed by atoms with Crippen molar-refractivity contribution in [1.29, 1.82) is 0 Å². The third-order valence-electron chi connectivity index (χ3n) is 7.20. The minimum Gasteiger partial charge on any atom is -0.444 e. The number of β-amino-alcohol motifs (C(OH)–C–C–N with tert-alkyl or cyclic N) is 1. The smallest absolute Gasteiger partial charge is 0.408 e. The molecule has 1 saturated carbocycles. The van der Waals surface area contributed by atoms with Crippen molar-refractivity contribution in [3.05, 3.63) is 41.0 Å². The molecule has 2 aromatic rings. The van der Waals surface area contributed by atoms with Crippen LogP contribution in [0.15, 0.2) is 29.8 Å². The van der Waals surface area contributed by atoms with E-state index in [1.165, 1.54) is 4.90 Å². The maximum atomic E-state index is 13.7. The summed E-state index contributed by atoms with van der Waals surface area (Å²) < 4.78 is 5.38. The van der Waals surface area contributed by atoms with Crippen LogP contribution >= 0.6 is 11.3 Å². The first-order valence-electron chi connectivity index (χ1n) is 13.4. The zero-order valence-corrected chi connectivity index (χ0v) is 24.6. The maximum absolute atomic E-state index is 13.7. The van der Waals surface area contributed by atoms with Crippen LogP contribution in [0.5, 0.6) is 0 Å². The lowest BCUT2D eigenvalue weighted by atomic mass is 9.85. The number of carbonyl (C=O) groups is 3. The van der Waals surface area contributed by atoms with E-state index >= 15 is 0 Å². The Balaban J connectivity index is 1.49. The fourth-order valence-electron chi connectivity index (χ4n) is 5.00. The van der Waals surface area contributed by atoms with Crippen molar-refractivity contribution < 1.29 is 24.2 Å². The number of likely N-dealkylation sites (tertiary alicyclic amines) is 1. The Morgan fingerprint density at radius 1 is 1.13 bits per heavy atom. The molecule has 4 rings (SSSR count). The highest BCUT2D eigenvalue weighted by molar-refractivity contribution is 7.13. The molecule has 2 aliphatic rings. The Morgan fingerprint density at radius 3 is 2.28 bits per heavy atom. The van der Waals surface area contributed by atoms with Gasteiger partial charge < -0.3 is 25.4 Å². The van der Waals surface area contributed by atoms with Gasteiger partial charge in [-0.05, 0) is 57.1 Å². The molecule has 0 radical (unpaired) electrons. The van der Waals surface area contributed by atoms with Gasteiger partial charge in [0.2, 0.25) is 11.8 Å². The number of amides is 3. The highest BCUT2D eigenvalue weighted by atomic mass is 32.1. The van der Waals surface area contributed by atoms with Crippen molar-refractivity contribution >= 4 is 29.2 Å². The molecule has 1 aromatic heterocycles. The SMILES string of the molecule is Cc1ncsc1-c1ccc(C2(NC(=O)[C@@H]3C[C@@H](O)CN3C(=O)[C@@H](NC(=O)OC(C)(C)C)C(C)(C)C)CC2)cc1. The second kappa shape index (κ2) is 10.5. The van der Waals surface area contributed by atoms with Gasteiger partial charge in [0.15, 0.2) is 0 Å². The molecule has 1 aliphatic carbocycles. The molecule has 10 heteroatoms. The number of alkyl carbamates (subject to hydrolysis) is 1. The van der Waals surface area contributed by atoms with E-state index in [9.17, 15) is 19.5 Å². The number of hydrogen-bond acceptors (Lipinski definition) is 7. The molecule has 2 fully saturated rings. The Bertz CT molecular complexity index is 1220. The van der Waals surface area contributed by atoms with Crippen LogP contribution in [-0.4, -0.2) is 63.2 Å². The molecule has 1 saturated heterocycles. The molecule has 0 unspecified atom stereocenters. The Labute approximate surface area is 234 Å². The first kappa shape index (κ1) is 29.0. The monoisotopic (exact) mass is 556 g/mol. The fourth-order valence-corrected chi connectivity index (χ4v) is 5.81. The van der Waals surface area contributed by atoms with Crippen LogP contribution in [0.25, 0.3) is 10.4 Å². The average molecular weight is 557 g/mol. The Kier molecular flexibility index (Phi) is 7.84. The number of thiazole rings is 1. The van der Waals surface area contributed by atoms with Crippen molar-refractivity contribution in [3.8, 4) is 10.4 Å². The molecule has 1 aliphatic heterocycles. The number of benzene rings is 1. The minimum absolute atomic E-state index is 0.0232. The van der Waals surface area contributed by atoms with Gasteiger partial charge in [-0.15, -0.1) is 11.3 Å². The van der Waals surface area contributed by atoms with Crippen LogP contribution < -0.4 is 10.6 Å². The number of nitrogens with one attached hydrogen (secondary N) is 2. The molecule has 1 aromatic carbocycles. The largest absolute Gasteiger partial charge is 0.444 e. The topological polar surface area (TPSA) is 121 Å². The van der Waals surface area contributed by atoms with E-state index in [4.69, 9.17) is 4.74 Å². The van der Waals surface area contributed by atoms with Gasteiger partial charge in [0.05, 0.1) is 27.7 Å². The van der Waals surface area contributed by atoms with Gasteiger partial charge in [-0.2, -0.15) is 0 Å². The molecular formula is C29H40N4O5S. The molecule has 0 bridgehead atoms. The Hall–Kier alpha value is -2.98. The zero-order valence-electron chi connectivity index (χ0n) is 23.8. The number of aromatic nitrogens is 1. The van der Waals surface area contributed by atoms with E-state index in [2.05, 4.69) is 15.6 Å². The van der Waals surface area contributed by atoms with E-state index in [0.717, 1.165) is 34.5 Å². The molecule has 39 heavy (non-hydrogen) atoms. The number of rotatable bonds is 6. The number of nitrogens with zero attached hydrogens (tertiary/aromatic N) is 2. The van der Waals surface area contributed by atoms with Crippen LogP contribution in [0.3, 0.4) is 0 Å². The van der Waals surface area contributed by atoms with Gasteiger partial charge in [0.1, 0.15) is 17.7 Å². The van der Waals surface area contributed by atoms with Gasteiger partial charge in [0, 0.05) is 13.0 Å². The summed E-state index contributed by atoms with van der Waals surface area (Å²) in [5, 5.41) is 16.4. The predicted molar refractivity (Wildman–Crippen MR) is 150 cm³/mol. The van der Waals surface area contributed by atoms with Gasteiger partial charge in [0.25, 0.3) is 0 Å². The lowest BCUT2D eigenvalue weighted by Gasteiger charge is -2.36. The standard InChI is InChI=1S/C29H40N4O5S/c1-17-22(39-16-30-17)18-8-10-19(11-9-18)29(12-13-29)32-24(35)21-14-20(34)15-33(21)25(36)23(27(2,3)4)31-26(37)38-28(5,6)7/h8-11,16,20-21,23,34H,12-15H2,1-7H3,(H,31,37)(H,32,35)/t20-,21+,23-/m1/s1. The van der Waals surface area contributed by atoms with Gasteiger partial charge >= 0.3 is 6.09 Å². The predicted octanol–water partition coefficient (Wildman–Crippen LogP) is 4.13. The third-order valence-corrected chi connectivity index (χ3v) is 8.17. The number of aliphatic hydroxyl groups is 1. The van der Waals surface area contributed by atoms with E-state index in [1.54, 1.807) is 32.1 Å². The van der Waals surface area contributed by atoms with Crippen LogP contribution in [0.4, 0.5) is 4.79 Å². The molecule has 2 heterocycles. The van der Waals surface area contributed by atoms with Crippen molar-refractivity contribution in [2.75, 3.05) is 6.54 Å². The number of aryl methyl sites for hydroxylation is 1. The van der Waals surface area contributed by atoms with E-state index in [1.807, 2.05) is 57.5 Å². The summed E-state index contributed by atoms with van der Waals surface area (Å²) in [5.41, 5.74) is 3.05. The van der Waals surface area contributed by atoms with E-state index in [-0.39, 0.29) is 18.9 Å². The molecule has 3 atom stereocenters. The third kappa shape index (κ3) is 6.61. The molecular weight excluding hydrogens is 516 g/mol. The fraction of sp³-hybridized carbons (Fsp3) is 0.586. The van der Waals surface area contributed by atoms with Crippen molar-refractivity contribution in [2.24, 2.45) is 5.41 Å². The van der Waals surface area contributed by atoms with Crippen LogP contribution in [0.2, 0.25) is 0 Å². The summed E-state index contributed by atoms with van der Waals surface area (Å²) in [6, 6.07) is 6.39. The van der Waals surface area contributed by atoms with Crippen LogP contribution in [0, 0.1) is 12.3 Å². The van der Waals surface area contributed by atoms with Gasteiger partial charge in [-0.3, -0.25) is 9.59 Å². The van der Waals surface area contributed by atoms with Crippen LogP contribution in [-0.2, 0) is 19.9 Å². The molecule has 3 amide bonds. The summed E-state index contributed by atoms with van der Waals surface area (Å²) in [4.78, 5) is 46.7. The number of carbonyl (C=O) groups excluding carboxylic acids is 3. The highest BCUT2D eigenvalue weighted by Gasteiger charge is 2.50. The van der Waals surface area contributed by atoms with E-state index < -0.39 is 46.7 Å². The average Bonchev–Trinajstić information content (AvgIpc) is 3.29. The summed E-state index contributed by atoms with van der Waals surface area (Å²) in [6.45, 7) is 12.8. The minimum atomic E-state index is -0.939. The summed E-state index contributed by atoms with van der Waals surface area (Å²) in [7, 11) is 0. The second-order valence-corrected chi connectivity index (χ2v) is 13.6.